The third-order valence-corrected chi connectivity index (χ3v) is 4.50. The Bertz CT molecular complexity index is 237. The minimum atomic E-state index is -0.532. The van der Waals surface area contributed by atoms with Crippen LogP contribution < -0.4 is 5.32 Å². The van der Waals surface area contributed by atoms with E-state index in [2.05, 4.69) is 12.2 Å². The predicted molar refractivity (Wildman–Crippen MR) is 65.8 cm³/mol. The van der Waals surface area contributed by atoms with Crippen LogP contribution in [-0.2, 0) is 14.3 Å². The SMILES string of the molecule is COCCNC1(C(=O)OC)CCCSC1C. The maximum atomic E-state index is 12.0. The van der Waals surface area contributed by atoms with Gasteiger partial charge in [-0.3, -0.25) is 10.1 Å². The molecule has 94 valence electrons. The highest BCUT2D eigenvalue weighted by Gasteiger charge is 2.46. The summed E-state index contributed by atoms with van der Waals surface area (Å²) in [6, 6.07) is 0. The average molecular weight is 247 g/mol. The van der Waals surface area contributed by atoms with E-state index in [0.717, 1.165) is 18.6 Å². The molecule has 0 aliphatic carbocycles. The van der Waals surface area contributed by atoms with E-state index in [4.69, 9.17) is 9.47 Å². The fourth-order valence-electron chi connectivity index (χ4n) is 2.09. The number of carbonyl (C=O) groups is 1. The van der Waals surface area contributed by atoms with E-state index in [1.54, 1.807) is 7.11 Å². The molecule has 5 heteroatoms. The Morgan fingerprint density at radius 1 is 1.56 bits per heavy atom. The van der Waals surface area contributed by atoms with Crippen LogP contribution in [0.3, 0.4) is 0 Å². The molecule has 0 bridgehead atoms. The molecule has 1 heterocycles. The first-order valence-electron chi connectivity index (χ1n) is 5.61. The standard InChI is InChI=1S/C11H21NO3S/c1-9-11(10(13)15-3,5-4-8-16-9)12-6-7-14-2/h9,12H,4-8H2,1-3H3. The summed E-state index contributed by atoms with van der Waals surface area (Å²) in [5.41, 5.74) is -0.532. The topological polar surface area (TPSA) is 47.6 Å². The second kappa shape index (κ2) is 6.47. The van der Waals surface area contributed by atoms with Crippen molar-refractivity contribution in [1.29, 1.82) is 0 Å². The van der Waals surface area contributed by atoms with Gasteiger partial charge < -0.3 is 9.47 Å². The van der Waals surface area contributed by atoms with Gasteiger partial charge in [-0.25, -0.2) is 0 Å². The van der Waals surface area contributed by atoms with Gasteiger partial charge in [0.1, 0.15) is 5.54 Å². The van der Waals surface area contributed by atoms with Gasteiger partial charge in [0.15, 0.2) is 0 Å². The summed E-state index contributed by atoms with van der Waals surface area (Å²) in [7, 11) is 3.11. The van der Waals surface area contributed by atoms with Crippen molar-refractivity contribution in [2.24, 2.45) is 0 Å². The lowest BCUT2D eigenvalue weighted by Crippen LogP contribution is -2.60. The highest BCUT2D eigenvalue weighted by Crippen LogP contribution is 2.34. The van der Waals surface area contributed by atoms with Crippen LogP contribution >= 0.6 is 11.8 Å². The zero-order valence-corrected chi connectivity index (χ0v) is 11.1. The molecule has 0 saturated carbocycles. The predicted octanol–water partition coefficient (Wildman–Crippen LogP) is 1.05. The molecule has 0 aromatic heterocycles. The average Bonchev–Trinajstić information content (AvgIpc) is 2.31. The van der Waals surface area contributed by atoms with Gasteiger partial charge in [0.25, 0.3) is 0 Å². The number of hydrogen-bond donors (Lipinski definition) is 1. The van der Waals surface area contributed by atoms with E-state index in [9.17, 15) is 4.79 Å². The molecule has 2 unspecified atom stereocenters. The Morgan fingerprint density at radius 2 is 2.31 bits per heavy atom. The van der Waals surface area contributed by atoms with Crippen LogP contribution in [0.2, 0.25) is 0 Å². The minimum Gasteiger partial charge on any atom is -0.468 e. The van der Waals surface area contributed by atoms with Gasteiger partial charge in [-0.2, -0.15) is 11.8 Å². The molecule has 2 atom stereocenters. The van der Waals surface area contributed by atoms with Gasteiger partial charge in [-0.05, 0) is 18.6 Å². The quantitative estimate of drug-likeness (QED) is 0.581. The monoisotopic (exact) mass is 247 g/mol. The van der Waals surface area contributed by atoms with Gasteiger partial charge in [0.05, 0.1) is 13.7 Å². The van der Waals surface area contributed by atoms with Crippen molar-refractivity contribution in [1.82, 2.24) is 5.32 Å². The van der Waals surface area contributed by atoms with Crippen LogP contribution in [0.5, 0.6) is 0 Å². The second-order valence-electron chi connectivity index (χ2n) is 4.00. The zero-order chi connectivity index (χ0) is 12.0. The van der Waals surface area contributed by atoms with Crippen molar-refractivity contribution in [2.75, 3.05) is 33.1 Å². The molecule has 1 aliphatic heterocycles. The largest absolute Gasteiger partial charge is 0.468 e. The first-order valence-corrected chi connectivity index (χ1v) is 6.66. The lowest BCUT2D eigenvalue weighted by molar-refractivity contribution is -0.149. The number of ether oxygens (including phenoxy) is 2. The summed E-state index contributed by atoms with van der Waals surface area (Å²) < 4.78 is 9.94. The molecule has 1 rings (SSSR count). The Morgan fingerprint density at radius 3 is 2.88 bits per heavy atom. The molecule has 0 radical (unpaired) electrons. The molecule has 0 aromatic carbocycles. The van der Waals surface area contributed by atoms with Crippen LogP contribution in [0.4, 0.5) is 0 Å². The molecule has 1 saturated heterocycles. The fourth-order valence-corrected chi connectivity index (χ4v) is 3.33. The van der Waals surface area contributed by atoms with Crippen molar-refractivity contribution in [3.8, 4) is 0 Å². The molecule has 1 fully saturated rings. The second-order valence-corrected chi connectivity index (χ2v) is 5.45. The van der Waals surface area contributed by atoms with E-state index in [1.165, 1.54) is 7.11 Å². The Kier molecular flexibility index (Phi) is 5.58. The maximum Gasteiger partial charge on any atom is 0.327 e. The zero-order valence-electron chi connectivity index (χ0n) is 10.2. The van der Waals surface area contributed by atoms with E-state index >= 15 is 0 Å². The molecular formula is C11H21NO3S. The van der Waals surface area contributed by atoms with E-state index in [-0.39, 0.29) is 11.2 Å². The summed E-state index contributed by atoms with van der Waals surface area (Å²) >= 11 is 1.82. The Labute approximate surface area is 101 Å². The number of carbonyl (C=O) groups excluding carboxylic acids is 1. The maximum absolute atomic E-state index is 12.0. The summed E-state index contributed by atoms with van der Waals surface area (Å²) in [5.74, 6) is 0.967. The molecule has 0 amide bonds. The van der Waals surface area contributed by atoms with Crippen molar-refractivity contribution >= 4 is 17.7 Å². The number of rotatable bonds is 5. The molecule has 4 nitrogen and oxygen atoms in total. The molecule has 0 aromatic rings. The van der Waals surface area contributed by atoms with Gasteiger partial charge in [0.2, 0.25) is 0 Å². The van der Waals surface area contributed by atoms with E-state index in [1.807, 2.05) is 11.8 Å². The minimum absolute atomic E-state index is 0.150. The first-order chi connectivity index (χ1) is 7.67. The summed E-state index contributed by atoms with van der Waals surface area (Å²) in [6.45, 7) is 3.37. The molecule has 0 spiro atoms. The first kappa shape index (κ1) is 13.8. The van der Waals surface area contributed by atoms with Crippen molar-refractivity contribution in [2.45, 2.75) is 30.6 Å². The molecular weight excluding hydrogens is 226 g/mol. The van der Waals surface area contributed by atoms with Gasteiger partial charge >= 0.3 is 5.97 Å². The smallest absolute Gasteiger partial charge is 0.327 e. The highest BCUT2D eigenvalue weighted by molar-refractivity contribution is 8.00. The number of hydrogen-bond acceptors (Lipinski definition) is 5. The third-order valence-electron chi connectivity index (χ3n) is 3.07. The summed E-state index contributed by atoms with van der Waals surface area (Å²) in [6.07, 6.45) is 1.89. The molecule has 1 N–H and O–H groups in total. The highest BCUT2D eigenvalue weighted by atomic mass is 32.2. The Balaban J connectivity index is 2.70. The number of thioether (sulfide) groups is 1. The number of methoxy groups -OCH3 is 2. The van der Waals surface area contributed by atoms with Crippen LogP contribution in [0.1, 0.15) is 19.8 Å². The van der Waals surface area contributed by atoms with Crippen molar-refractivity contribution in [3.63, 3.8) is 0 Å². The van der Waals surface area contributed by atoms with E-state index < -0.39 is 5.54 Å². The van der Waals surface area contributed by atoms with Crippen molar-refractivity contribution in [3.05, 3.63) is 0 Å². The van der Waals surface area contributed by atoms with Gasteiger partial charge in [-0.15, -0.1) is 0 Å². The van der Waals surface area contributed by atoms with Gasteiger partial charge in [0, 0.05) is 18.9 Å². The number of nitrogens with one attached hydrogen (secondary N) is 1. The van der Waals surface area contributed by atoms with Gasteiger partial charge in [-0.1, -0.05) is 6.92 Å². The lowest BCUT2D eigenvalue weighted by Gasteiger charge is -2.40. The summed E-state index contributed by atoms with van der Waals surface area (Å²) in [4.78, 5) is 12.0. The lowest BCUT2D eigenvalue weighted by atomic mass is 9.89. The Hall–Kier alpha value is -0.260. The fraction of sp³-hybridized carbons (Fsp3) is 0.909. The van der Waals surface area contributed by atoms with Crippen LogP contribution in [-0.4, -0.2) is 49.9 Å². The van der Waals surface area contributed by atoms with Crippen LogP contribution in [0, 0.1) is 0 Å². The normalized spacial score (nSPS) is 30.1. The van der Waals surface area contributed by atoms with Crippen molar-refractivity contribution < 1.29 is 14.3 Å². The molecule has 16 heavy (non-hydrogen) atoms. The summed E-state index contributed by atoms with van der Waals surface area (Å²) in [5, 5.41) is 3.56. The third kappa shape index (κ3) is 2.90. The number of esters is 1. The van der Waals surface area contributed by atoms with Crippen LogP contribution in [0.25, 0.3) is 0 Å². The molecule has 1 aliphatic rings. The van der Waals surface area contributed by atoms with Crippen LogP contribution in [0.15, 0.2) is 0 Å². The van der Waals surface area contributed by atoms with E-state index in [0.29, 0.717) is 13.2 Å².